The van der Waals surface area contributed by atoms with Crippen molar-refractivity contribution in [3.63, 3.8) is 0 Å². The minimum atomic E-state index is -0.932. The molecule has 1 unspecified atom stereocenters. The summed E-state index contributed by atoms with van der Waals surface area (Å²) in [4.78, 5) is 26.8. The van der Waals surface area contributed by atoms with Crippen molar-refractivity contribution in [2.75, 3.05) is 46.4 Å². The van der Waals surface area contributed by atoms with E-state index >= 15 is 0 Å². The number of nitrogens with zero attached hydrogens (tertiary/aromatic N) is 2. The molecule has 0 spiro atoms. The Balaban J connectivity index is 2.29. The number of carboxylic acids is 1. The van der Waals surface area contributed by atoms with Gasteiger partial charge in [0.25, 0.3) is 0 Å². The molecule has 1 fully saturated rings. The van der Waals surface area contributed by atoms with E-state index in [1.165, 1.54) is 7.11 Å². The molecule has 0 radical (unpaired) electrons. The van der Waals surface area contributed by atoms with Gasteiger partial charge in [-0.1, -0.05) is 13.8 Å². The van der Waals surface area contributed by atoms with Gasteiger partial charge >= 0.3 is 12.0 Å². The molecule has 1 saturated heterocycles. The Bertz CT molecular complexity index is 341. The highest BCUT2D eigenvalue weighted by Crippen LogP contribution is 2.05. The summed E-state index contributed by atoms with van der Waals surface area (Å²) in [7, 11) is 1.45. The van der Waals surface area contributed by atoms with Crippen molar-refractivity contribution in [1.82, 2.24) is 15.1 Å². The summed E-state index contributed by atoms with van der Waals surface area (Å²) in [5.41, 5.74) is 0. The van der Waals surface area contributed by atoms with E-state index in [1.807, 2.05) is 0 Å². The number of piperazine rings is 1. The van der Waals surface area contributed by atoms with E-state index in [-0.39, 0.29) is 19.0 Å². The standard InChI is InChI=1S/C14H27N3O4/c1-11(2)10-16-4-6-17(7-5-16)14(20)15-9-12(21-3)8-13(18)19/h11-12H,4-10H2,1-3H3,(H,15,20)(H,18,19). The largest absolute Gasteiger partial charge is 0.481 e. The molecule has 1 rings (SSSR count). The second kappa shape index (κ2) is 8.84. The normalized spacial score (nSPS) is 17.8. The molecule has 2 N–H and O–H groups in total. The zero-order chi connectivity index (χ0) is 15.8. The lowest BCUT2D eigenvalue weighted by atomic mass is 10.2. The van der Waals surface area contributed by atoms with Gasteiger partial charge in [-0.25, -0.2) is 4.79 Å². The number of nitrogens with one attached hydrogen (secondary N) is 1. The van der Waals surface area contributed by atoms with Crippen LogP contribution in [0.2, 0.25) is 0 Å². The third-order valence-electron chi connectivity index (χ3n) is 3.50. The second-order valence-corrected chi connectivity index (χ2v) is 5.82. The summed E-state index contributed by atoms with van der Waals surface area (Å²) in [5.74, 6) is -0.303. The van der Waals surface area contributed by atoms with Crippen LogP contribution in [0.3, 0.4) is 0 Å². The van der Waals surface area contributed by atoms with Gasteiger partial charge < -0.3 is 20.1 Å². The zero-order valence-corrected chi connectivity index (χ0v) is 13.2. The van der Waals surface area contributed by atoms with E-state index in [0.717, 1.165) is 19.6 Å². The van der Waals surface area contributed by atoms with Gasteiger partial charge in [0, 0.05) is 46.4 Å². The first-order valence-corrected chi connectivity index (χ1v) is 7.42. The fourth-order valence-electron chi connectivity index (χ4n) is 2.40. The lowest BCUT2D eigenvalue weighted by molar-refractivity contribution is -0.139. The monoisotopic (exact) mass is 301 g/mol. The SMILES string of the molecule is COC(CNC(=O)N1CCN(CC(C)C)CC1)CC(=O)O. The average molecular weight is 301 g/mol. The first-order valence-electron chi connectivity index (χ1n) is 7.42. The minimum Gasteiger partial charge on any atom is -0.481 e. The van der Waals surface area contributed by atoms with Gasteiger partial charge in [0.2, 0.25) is 0 Å². The van der Waals surface area contributed by atoms with Crippen molar-refractivity contribution < 1.29 is 19.4 Å². The van der Waals surface area contributed by atoms with Gasteiger partial charge in [0.05, 0.1) is 12.5 Å². The molecular weight excluding hydrogens is 274 g/mol. The van der Waals surface area contributed by atoms with Gasteiger partial charge in [-0.15, -0.1) is 0 Å². The molecular formula is C14H27N3O4. The van der Waals surface area contributed by atoms with Crippen LogP contribution >= 0.6 is 0 Å². The number of hydrogen-bond acceptors (Lipinski definition) is 4. The molecule has 0 aromatic rings. The first kappa shape index (κ1) is 17.7. The number of ether oxygens (including phenoxy) is 1. The Labute approximate surface area is 126 Å². The van der Waals surface area contributed by atoms with E-state index in [2.05, 4.69) is 24.1 Å². The van der Waals surface area contributed by atoms with Gasteiger partial charge in [0.15, 0.2) is 0 Å². The minimum absolute atomic E-state index is 0.112. The fourth-order valence-corrected chi connectivity index (χ4v) is 2.40. The molecule has 0 aliphatic carbocycles. The predicted octanol–water partition coefficient (Wildman–Crippen LogP) is 0.459. The van der Waals surface area contributed by atoms with E-state index in [9.17, 15) is 9.59 Å². The summed E-state index contributed by atoms with van der Waals surface area (Å²) in [5, 5.41) is 11.5. The van der Waals surface area contributed by atoms with Crippen LogP contribution in [0.1, 0.15) is 20.3 Å². The highest BCUT2D eigenvalue weighted by Gasteiger charge is 2.22. The van der Waals surface area contributed by atoms with Crippen LogP contribution in [0, 0.1) is 5.92 Å². The predicted molar refractivity (Wildman–Crippen MR) is 79.3 cm³/mol. The molecule has 21 heavy (non-hydrogen) atoms. The van der Waals surface area contributed by atoms with Crippen LogP contribution in [0.25, 0.3) is 0 Å². The van der Waals surface area contributed by atoms with E-state index in [4.69, 9.17) is 9.84 Å². The van der Waals surface area contributed by atoms with Crippen molar-refractivity contribution in [3.05, 3.63) is 0 Å². The Morgan fingerprint density at radius 1 is 1.24 bits per heavy atom. The number of methoxy groups -OCH3 is 1. The summed E-state index contributed by atoms with van der Waals surface area (Å²) >= 11 is 0. The van der Waals surface area contributed by atoms with Crippen LogP contribution < -0.4 is 5.32 Å². The second-order valence-electron chi connectivity index (χ2n) is 5.82. The Hall–Kier alpha value is -1.34. The number of amides is 2. The van der Waals surface area contributed by atoms with Crippen LogP contribution in [0.5, 0.6) is 0 Å². The average Bonchev–Trinajstić information content (AvgIpc) is 2.42. The summed E-state index contributed by atoms with van der Waals surface area (Å²) in [6.07, 6.45) is -0.604. The van der Waals surface area contributed by atoms with Crippen LogP contribution in [-0.4, -0.2) is 79.4 Å². The molecule has 1 atom stereocenters. The highest BCUT2D eigenvalue weighted by molar-refractivity contribution is 5.74. The smallest absolute Gasteiger partial charge is 0.317 e. The molecule has 1 heterocycles. The lowest BCUT2D eigenvalue weighted by Crippen LogP contribution is -2.53. The molecule has 0 bridgehead atoms. The molecule has 7 nitrogen and oxygen atoms in total. The molecule has 0 aromatic heterocycles. The topological polar surface area (TPSA) is 82.1 Å². The number of urea groups is 1. The molecule has 122 valence electrons. The lowest BCUT2D eigenvalue weighted by Gasteiger charge is -2.35. The third-order valence-corrected chi connectivity index (χ3v) is 3.50. The Morgan fingerprint density at radius 3 is 2.33 bits per heavy atom. The Kier molecular flexibility index (Phi) is 7.45. The fraction of sp³-hybridized carbons (Fsp3) is 0.857. The maximum Gasteiger partial charge on any atom is 0.317 e. The molecule has 1 aliphatic rings. The number of carbonyl (C=O) groups excluding carboxylic acids is 1. The van der Waals surface area contributed by atoms with Gasteiger partial charge in [-0.2, -0.15) is 0 Å². The van der Waals surface area contributed by atoms with Crippen molar-refractivity contribution in [2.45, 2.75) is 26.4 Å². The van der Waals surface area contributed by atoms with Crippen molar-refractivity contribution >= 4 is 12.0 Å². The molecule has 2 amide bonds. The number of carboxylic acid groups (broad SMARTS) is 1. The Morgan fingerprint density at radius 2 is 1.86 bits per heavy atom. The van der Waals surface area contributed by atoms with Crippen LogP contribution in [-0.2, 0) is 9.53 Å². The quantitative estimate of drug-likeness (QED) is 0.714. The van der Waals surface area contributed by atoms with E-state index in [1.54, 1.807) is 4.90 Å². The molecule has 0 saturated carbocycles. The van der Waals surface area contributed by atoms with E-state index < -0.39 is 12.1 Å². The number of aliphatic carboxylic acids is 1. The highest BCUT2D eigenvalue weighted by atomic mass is 16.5. The summed E-state index contributed by atoms with van der Waals surface area (Å²) in [6.45, 7) is 8.82. The van der Waals surface area contributed by atoms with Gasteiger partial charge in [-0.3, -0.25) is 9.69 Å². The maximum atomic E-state index is 12.0. The zero-order valence-electron chi connectivity index (χ0n) is 13.2. The number of hydrogen-bond donors (Lipinski definition) is 2. The number of rotatable bonds is 7. The van der Waals surface area contributed by atoms with Gasteiger partial charge in [0.1, 0.15) is 0 Å². The number of carbonyl (C=O) groups is 2. The first-order chi connectivity index (χ1) is 9.92. The third kappa shape index (κ3) is 6.77. The maximum absolute atomic E-state index is 12.0. The van der Waals surface area contributed by atoms with Crippen LogP contribution in [0.15, 0.2) is 0 Å². The molecule has 1 aliphatic heterocycles. The van der Waals surface area contributed by atoms with Gasteiger partial charge in [-0.05, 0) is 5.92 Å². The van der Waals surface area contributed by atoms with Crippen LogP contribution in [0.4, 0.5) is 4.79 Å². The van der Waals surface area contributed by atoms with Crippen molar-refractivity contribution in [3.8, 4) is 0 Å². The molecule has 0 aromatic carbocycles. The van der Waals surface area contributed by atoms with Crippen molar-refractivity contribution in [1.29, 1.82) is 0 Å². The van der Waals surface area contributed by atoms with E-state index in [0.29, 0.717) is 19.0 Å². The van der Waals surface area contributed by atoms with Crippen molar-refractivity contribution in [2.24, 2.45) is 5.92 Å². The molecule has 7 heteroatoms. The summed E-state index contributed by atoms with van der Waals surface area (Å²) in [6, 6.07) is -0.147. The summed E-state index contributed by atoms with van der Waals surface area (Å²) < 4.78 is 5.04.